The fraction of sp³-hybridized carbons (Fsp3) is 0.214. The molecule has 1 aromatic heterocycles. The number of rotatable bonds is 1. The van der Waals surface area contributed by atoms with Crippen LogP contribution in [0.1, 0.15) is 12.0 Å². The minimum atomic E-state index is 1.22. The SMILES string of the molecule is c1cc2c(c(-c3ccncc3)c1)SCCC2. The van der Waals surface area contributed by atoms with Gasteiger partial charge in [-0.05, 0) is 47.4 Å². The molecule has 16 heavy (non-hydrogen) atoms. The average molecular weight is 227 g/mol. The van der Waals surface area contributed by atoms with Gasteiger partial charge in [0.25, 0.3) is 0 Å². The number of fused-ring (bicyclic) bond motifs is 1. The van der Waals surface area contributed by atoms with E-state index in [1.54, 1.807) is 0 Å². The van der Waals surface area contributed by atoms with E-state index in [0.717, 1.165) is 0 Å². The predicted octanol–water partition coefficient (Wildman–Crippen LogP) is 3.79. The lowest BCUT2D eigenvalue weighted by atomic mass is 10.0. The highest BCUT2D eigenvalue weighted by atomic mass is 32.2. The maximum atomic E-state index is 4.08. The second-order valence-corrected chi connectivity index (χ2v) is 5.09. The molecule has 0 saturated carbocycles. The van der Waals surface area contributed by atoms with E-state index in [0.29, 0.717) is 0 Å². The maximum Gasteiger partial charge on any atom is 0.0273 e. The maximum absolute atomic E-state index is 4.08. The Balaban J connectivity index is 2.14. The van der Waals surface area contributed by atoms with Gasteiger partial charge in [0.2, 0.25) is 0 Å². The van der Waals surface area contributed by atoms with E-state index in [1.165, 1.54) is 40.2 Å². The molecule has 0 atom stereocenters. The van der Waals surface area contributed by atoms with E-state index in [9.17, 15) is 0 Å². The van der Waals surface area contributed by atoms with Crippen LogP contribution in [0.4, 0.5) is 0 Å². The number of benzene rings is 1. The lowest BCUT2D eigenvalue weighted by molar-refractivity contribution is 0.891. The van der Waals surface area contributed by atoms with Gasteiger partial charge in [0.05, 0.1) is 0 Å². The smallest absolute Gasteiger partial charge is 0.0273 e. The first-order valence-electron chi connectivity index (χ1n) is 5.60. The van der Waals surface area contributed by atoms with Crippen LogP contribution in [0.25, 0.3) is 11.1 Å². The predicted molar refractivity (Wildman–Crippen MR) is 68.7 cm³/mol. The van der Waals surface area contributed by atoms with Gasteiger partial charge >= 0.3 is 0 Å². The summed E-state index contributed by atoms with van der Waals surface area (Å²) in [5, 5.41) is 0. The highest BCUT2D eigenvalue weighted by Crippen LogP contribution is 2.37. The molecule has 0 radical (unpaired) electrons. The first kappa shape index (κ1) is 9.91. The van der Waals surface area contributed by atoms with Gasteiger partial charge in [-0.15, -0.1) is 11.8 Å². The van der Waals surface area contributed by atoms with Gasteiger partial charge in [-0.1, -0.05) is 18.2 Å². The topological polar surface area (TPSA) is 12.9 Å². The van der Waals surface area contributed by atoms with Crippen LogP contribution in [-0.2, 0) is 6.42 Å². The Morgan fingerprint density at radius 1 is 1.06 bits per heavy atom. The summed E-state index contributed by atoms with van der Waals surface area (Å²) in [5.74, 6) is 1.25. The number of pyridine rings is 1. The lowest BCUT2D eigenvalue weighted by Gasteiger charge is -2.18. The van der Waals surface area contributed by atoms with Crippen molar-refractivity contribution in [1.29, 1.82) is 0 Å². The molecule has 0 bridgehead atoms. The molecule has 1 aliphatic rings. The Hall–Kier alpha value is -1.28. The standard InChI is InChI=1S/C14H13NS/c1-3-12-4-2-10-16-14(12)13(5-1)11-6-8-15-9-7-11/h1,3,5-9H,2,4,10H2. The largest absolute Gasteiger partial charge is 0.265 e. The van der Waals surface area contributed by atoms with Crippen molar-refractivity contribution in [2.24, 2.45) is 0 Å². The van der Waals surface area contributed by atoms with Crippen LogP contribution in [-0.4, -0.2) is 10.7 Å². The molecule has 0 fully saturated rings. The van der Waals surface area contributed by atoms with Crippen LogP contribution in [0.15, 0.2) is 47.6 Å². The molecular weight excluding hydrogens is 214 g/mol. The summed E-state index contributed by atoms with van der Waals surface area (Å²) in [7, 11) is 0. The fourth-order valence-corrected chi connectivity index (χ4v) is 3.34. The van der Waals surface area contributed by atoms with Crippen molar-refractivity contribution in [2.75, 3.05) is 5.75 Å². The molecule has 3 rings (SSSR count). The first-order valence-corrected chi connectivity index (χ1v) is 6.59. The summed E-state index contributed by atoms with van der Waals surface area (Å²) in [5.41, 5.74) is 4.15. The van der Waals surface area contributed by atoms with E-state index in [4.69, 9.17) is 0 Å². The van der Waals surface area contributed by atoms with Crippen molar-refractivity contribution < 1.29 is 0 Å². The number of hydrogen-bond donors (Lipinski definition) is 0. The molecule has 2 heterocycles. The molecule has 1 nitrogen and oxygen atoms in total. The van der Waals surface area contributed by atoms with E-state index in [1.807, 2.05) is 24.2 Å². The molecular formula is C14H13NS. The lowest BCUT2D eigenvalue weighted by Crippen LogP contribution is -1.99. The average Bonchev–Trinajstić information content (AvgIpc) is 2.39. The molecule has 80 valence electrons. The Morgan fingerprint density at radius 3 is 2.81 bits per heavy atom. The third kappa shape index (κ3) is 1.74. The van der Waals surface area contributed by atoms with Crippen molar-refractivity contribution in [3.05, 3.63) is 48.3 Å². The number of hydrogen-bond acceptors (Lipinski definition) is 2. The Bertz CT molecular complexity index is 493. The highest BCUT2D eigenvalue weighted by molar-refractivity contribution is 7.99. The van der Waals surface area contributed by atoms with Crippen molar-refractivity contribution >= 4 is 11.8 Å². The zero-order valence-electron chi connectivity index (χ0n) is 9.02. The van der Waals surface area contributed by atoms with Gasteiger partial charge < -0.3 is 0 Å². The third-order valence-corrected chi connectivity index (χ3v) is 4.19. The minimum absolute atomic E-state index is 1.22. The second kappa shape index (κ2) is 4.30. The van der Waals surface area contributed by atoms with Gasteiger partial charge in [-0.3, -0.25) is 4.98 Å². The van der Waals surface area contributed by atoms with Gasteiger partial charge in [0.15, 0.2) is 0 Å². The van der Waals surface area contributed by atoms with Crippen LogP contribution in [0, 0.1) is 0 Å². The summed E-state index contributed by atoms with van der Waals surface area (Å²) in [4.78, 5) is 5.55. The van der Waals surface area contributed by atoms with Gasteiger partial charge in [0.1, 0.15) is 0 Å². The second-order valence-electron chi connectivity index (χ2n) is 3.98. The third-order valence-electron chi connectivity index (χ3n) is 2.92. The summed E-state index contributed by atoms with van der Waals surface area (Å²) >= 11 is 1.99. The summed E-state index contributed by atoms with van der Waals surface area (Å²) < 4.78 is 0. The normalized spacial score (nSPS) is 14.5. The number of nitrogens with zero attached hydrogens (tertiary/aromatic N) is 1. The van der Waals surface area contributed by atoms with E-state index in [-0.39, 0.29) is 0 Å². The van der Waals surface area contributed by atoms with Gasteiger partial charge in [-0.2, -0.15) is 0 Å². The molecule has 0 amide bonds. The van der Waals surface area contributed by atoms with E-state index in [2.05, 4.69) is 35.3 Å². The molecule has 0 N–H and O–H groups in total. The van der Waals surface area contributed by atoms with Gasteiger partial charge in [-0.25, -0.2) is 0 Å². The zero-order valence-corrected chi connectivity index (χ0v) is 9.83. The van der Waals surface area contributed by atoms with Crippen molar-refractivity contribution in [2.45, 2.75) is 17.7 Å². The molecule has 1 aromatic carbocycles. The quantitative estimate of drug-likeness (QED) is 0.735. The zero-order chi connectivity index (χ0) is 10.8. The van der Waals surface area contributed by atoms with Crippen molar-refractivity contribution in [3.63, 3.8) is 0 Å². The molecule has 0 unspecified atom stereocenters. The minimum Gasteiger partial charge on any atom is -0.265 e. The first-order chi connectivity index (χ1) is 7.95. The Labute approximate surface area is 99.9 Å². The van der Waals surface area contributed by atoms with Crippen LogP contribution < -0.4 is 0 Å². The number of thioether (sulfide) groups is 1. The van der Waals surface area contributed by atoms with Crippen molar-refractivity contribution in [1.82, 2.24) is 4.98 Å². The van der Waals surface area contributed by atoms with Crippen LogP contribution in [0.5, 0.6) is 0 Å². The number of aryl methyl sites for hydroxylation is 1. The molecule has 2 heteroatoms. The summed E-state index contributed by atoms with van der Waals surface area (Å²) in [6, 6.07) is 10.8. The summed E-state index contributed by atoms with van der Waals surface area (Å²) in [6.45, 7) is 0. The fourth-order valence-electron chi connectivity index (χ4n) is 2.15. The van der Waals surface area contributed by atoms with Crippen molar-refractivity contribution in [3.8, 4) is 11.1 Å². The monoisotopic (exact) mass is 227 g/mol. The Kier molecular flexibility index (Phi) is 2.66. The Morgan fingerprint density at radius 2 is 1.94 bits per heavy atom. The van der Waals surface area contributed by atoms with E-state index >= 15 is 0 Å². The number of aromatic nitrogens is 1. The van der Waals surface area contributed by atoms with Crippen LogP contribution in [0.2, 0.25) is 0 Å². The highest BCUT2D eigenvalue weighted by Gasteiger charge is 2.14. The van der Waals surface area contributed by atoms with Crippen LogP contribution in [0.3, 0.4) is 0 Å². The molecule has 1 aliphatic heterocycles. The molecule has 0 spiro atoms. The molecule has 0 aliphatic carbocycles. The summed E-state index contributed by atoms with van der Waals surface area (Å²) in [6.07, 6.45) is 6.25. The van der Waals surface area contributed by atoms with E-state index < -0.39 is 0 Å². The molecule has 2 aromatic rings. The van der Waals surface area contributed by atoms with Crippen LogP contribution >= 0.6 is 11.8 Å². The van der Waals surface area contributed by atoms with Gasteiger partial charge in [0, 0.05) is 17.3 Å². The molecule has 0 saturated heterocycles.